The number of para-hydroxylation sites is 2. The van der Waals surface area contributed by atoms with Crippen molar-refractivity contribution in [2.75, 3.05) is 0 Å². The molecule has 0 fully saturated rings. The second-order valence-corrected chi connectivity index (χ2v) is 2.73. The van der Waals surface area contributed by atoms with E-state index in [1.165, 1.54) is 0 Å². The fourth-order valence-electron chi connectivity index (χ4n) is 1.11. The van der Waals surface area contributed by atoms with Crippen LogP contribution in [-0.4, -0.2) is 0 Å². The van der Waals surface area contributed by atoms with Crippen LogP contribution in [0.1, 0.15) is 0 Å². The minimum absolute atomic E-state index is 0. The molecule has 0 amide bonds. The summed E-state index contributed by atoms with van der Waals surface area (Å²) in [6.07, 6.45) is 0. The minimum Gasteiger partial charge on any atom is -0.457 e. The van der Waals surface area contributed by atoms with Crippen LogP contribution in [0.25, 0.3) is 0 Å². The Hall–Kier alpha value is -1.80. The first-order chi connectivity index (χ1) is 6.45. The fourth-order valence-corrected chi connectivity index (χ4v) is 1.11. The molecule has 0 atom stereocenters. The zero-order chi connectivity index (χ0) is 8.93. The molecule has 2 aromatic carbocycles. The summed E-state index contributed by atoms with van der Waals surface area (Å²) in [6.45, 7) is 0. The van der Waals surface area contributed by atoms with Crippen LogP contribution in [0, 0.1) is 7.43 Å². The topological polar surface area (TPSA) is 37.7 Å². The molecule has 0 bridgehead atoms. The normalized spacial score (nSPS) is 8.27. The molecule has 15 heavy (non-hydrogen) atoms. The summed E-state index contributed by atoms with van der Waals surface area (Å²) in [6, 6.07) is 19.5. The average molecular weight is 198 g/mol. The van der Waals surface area contributed by atoms with Crippen LogP contribution in [0.15, 0.2) is 60.7 Å². The smallest absolute Gasteiger partial charge is 0.127 e. The Kier molecular flexibility index (Phi) is 5.83. The molecule has 0 unspecified atom stereocenters. The first-order valence-electron chi connectivity index (χ1n) is 4.23. The number of hydrogen-bond donors (Lipinski definition) is 0. The van der Waals surface area contributed by atoms with Crippen molar-refractivity contribution in [2.45, 2.75) is 0 Å². The van der Waals surface area contributed by atoms with E-state index in [2.05, 4.69) is 0 Å². The van der Waals surface area contributed by atoms with E-state index in [9.17, 15) is 0 Å². The largest absolute Gasteiger partial charge is 0.457 e. The highest BCUT2D eigenvalue weighted by Gasteiger charge is 1.92. The van der Waals surface area contributed by atoms with Gasteiger partial charge in [-0.15, -0.1) is 0 Å². The molecule has 0 N–H and O–H groups in total. The van der Waals surface area contributed by atoms with Crippen LogP contribution in [0.2, 0.25) is 0 Å². The predicted molar refractivity (Wildman–Crippen MR) is 56.9 cm³/mol. The van der Waals surface area contributed by atoms with E-state index in [0.29, 0.717) is 0 Å². The van der Waals surface area contributed by atoms with Crippen molar-refractivity contribution in [3.05, 3.63) is 68.1 Å². The van der Waals surface area contributed by atoms with Gasteiger partial charge in [-0.05, 0) is 24.3 Å². The molecular weight excluding hydrogens is 188 g/mol. The molecular formula is C13H10O2. The lowest BCUT2D eigenvalue weighted by Crippen LogP contribution is -1.81. The maximum Gasteiger partial charge on any atom is 0.127 e. The number of hydrogen-bond acceptors (Lipinski definition) is 1. The summed E-state index contributed by atoms with van der Waals surface area (Å²) in [5.41, 5.74) is 0. The van der Waals surface area contributed by atoms with Crippen LogP contribution in [0.3, 0.4) is 0 Å². The summed E-state index contributed by atoms with van der Waals surface area (Å²) in [5.74, 6) is 1.74. The maximum absolute atomic E-state index is 5.58. The second-order valence-electron chi connectivity index (χ2n) is 2.73. The van der Waals surface area contributed by atoms with Crippen molar-refractivity contribution < 1.29 is 10.2 Å². The van der Waals surface area contributed by atoms with E-state index in [1.807, 2.05) is 60.7 Å². The van der Waals surface area contributed by atoms with E-state index in [1.54, 1.807) is 0 Å². The summed E-state index contributed by atoms with van der Waals surface area (Å²) >= 11 is 0. The van der Waals surface area contributed by atoms with Gasteiger partial charge in [-0.2, -0.15) is 0 Å². The Morgan fingerprint density at radius 1 is 0.600 bits per heavy atom. The molecule has 2 rings (SSSR count). The SMILES string of the molecule is [C].[O].c1ccc(Oc2ccccc2)cc1. The summed E-state index contributed by atoms with van der Waals surface area (Å²) in [7, 11) is 0. The minimum atomic E-state index is 0. The first kappa shape index (κ1) is 13.2. The van der Waals surface area contributed by atoms with Gasteiger partial charge in [0, 0.05) is 12.9 Å². The van der Waals surface area contributed by atoms with E-state index in [4.69, 9.17) is 4.74 Å². The lowest BCUT2D eigenvalue weighted by atomic mass is 10.3. The van der Waals surface area contributed by atoms with Crippen molar-refractivity contribution in [3.8, 4) is 11.5 Å². The van der Waals surface area contributed by atoms with E-state index in [0.717, 1.165) is 11.5 Å². The van der Waals surface area contributed by atoms with Crippen molar-refractivity contribution in [2.24, 2.45) is 0 Å². The highest BCUT2D eigenvalue weighted by molar-refractivity contribution is 5.30. The molecule has 0 saturated carbocycles. The maximum atomic E-state index is 5.58. The van der Waals surface area contributed by atoms with E-state index >= 15 is 0 Å². The number of ether oxygens (including phenoxy) is 1. The highest BCUT2D eigenvalue weighted by Crippen LogP contribution is 2.19. The summed E-state index contributed by atoms with van der Waals surface area (Å²) < 4.78 is 5.58. The van der Waals surface area contributed by atoms with Gasteiger partial charge in [0.1, 0.15) is 11.5 Å². The molecule has 74 valence electrons. The van der Waals surface area contributed by atoms with Gasteiger partial charge in [-0.1, -0.05) is 36.4 Å². The zero-order valence-corrected chi connectivity index (χ0v) is 8.09. The lowest BCUT2D eigenvalue weighted by Gasteiger charge is -2.03. The van der Waals surface area contributed by atoms with Gasteiger partial charge in [0.05, 0.1) is 0 Å². The Balaban J connectivity index is 0.000000980. The molecule has 0 saturated heterocycles. The molecule has 0 aliphatic heterocycles. The number of benzene rings is 2. The monoisotopic (exact) mass is 198 g/mol. The van der Waals surface area contributed by atoms with Gasteiger partial charge < -0.3 is 4.74 Å². The van der Waals surface area contributed by atoms with Crippen LogP contribution in [0.5, 0.6) is 11.5 Å². The highest BCUT2D eigenvalue weighted by atomic mass is 16.5. The Morgan fingerprint density at radius 3 is 1.27 bits per heavy atom. The van der Waals surface area contributed by atoms with Gasteiger partial charge in [-0.3, -0.25) is 0 Å². The predicted octanol–water partition coefficient (Wildman–Crippen LogP) is 3.44. The third-order valence-electron chi connectivity index (χ3n) is 1.72. The van der Waals surface area contributed by atoms with Crippen molar-refractivity contribution in [3.63, 3.8) is 0 Å². The quantitative estimate of drug-likeness (QED) is 0.728. The lowest BCUT2D eigenvalue weighted by molar-refractivity contribution is 0.482. The van der Waals surface area contributed by atoms with Gasteiger partial charge in [-0.25, -0.2) is 0 Å². The zero-order valence-electron chi connectivity index (χ0n) is 8.09. The van der Waals surface area contributed by atoms with Crippen molar-refractivity contribution >= 4 is 0 Å². The van der Waals surface area contributed by atoms with Gasteiger partial charge in [0.2, 0.25) is 0 Å². The Bertz CT molecular complexity index is 319. The van der Waals surface area contributed by atoms with Gasteiger partial charge >= 0.3 is 0 Å². The van der Waals surface area contributed by atoms with Gasteiger partial charge in [0.25, 0.3) is 0 Å². The van der Waals surface area contributed by atoms with Crippen LogP contribution in [-0.2, 0) is 5.48 Å². The van der Waals surface area contributed by atoms with Crippen molar-refractivity contribution in [1.82, 2.24) is 0 Å². The summed E-state index contributed by atoms with van der Waals surface area (Å²) in [5, 5.41) is 0. The fraction of sp³-hybridized carbons (Fsp3) is 0. The average Bonchev–Trinajstić information content (AvgIpc) is 2.21. The first-order valence-corrected chi connectivity index (χ1v) is 4.23. The van der Waals surface area contributed by atoms with Crippen molar-refractivity contribution in [1.29, 1.82) is 0 Å². The molecule has 0 spiro atoms. The molecule has 2 nitrogen and oxygen atoms in total. The molecule has 0 aliphatic rings. The standard InChI is InChI=1S/C12H10O.C.O/c1-3-7-11(8-4-1)13-12-9-5-2-6-10-12;;/h1-10H;;. The molecule has 2 heteroatoms. The van der Waals surface area contributed by atoms with Crippen LogP contribution >= 0.6 is 0 Å². The van der Waals surface area contributed by atoms with E-state index < -0.39 is 0 Å². The molecule has 0 heterocycles. The van der Waals surface area contributed by atoms with Crippen LogP contribution in [0.4, 0.5) is 0 Å². The molecule has 0 aliphatic carbocycles. The van der Waals surface area contributed by atoms with E-state index in [-0.39, 0.29) is 12.9 Å². The second kappa shape index (κ2) is 6.62. The molecule has 6 radical (unpaired) electrons. The number of rotatable bonds is 2. The summed E-state index contributed by atoms with van der Waals surface area (Å²) in [4.78, 5) is 0. The Labute approximate surface area is 90.5 Å². The molecule has 2 aromatic rings. The Morgan fingerprint density at radius 2 is 0.933 bits per heavy atom. The third kappa shape index (κ3) is 3.83. The molecule has 0 aromatic heterocycles. The van der Waals surface area contributed by atoms with Crippen LogP contribution < -0.4 is 4.74 Å². The van der Waals surface area contributed by atoms with Gasteiger partial charge in [0.15, 0.2) is 0 Å². The third-order valence-corrected chi connectivity index (χ3v) is 1.72.